The molecule has 0 radical (unpaired) electrons. The minimum atomic E-state index is 0.128. The average Bonchev–Trinajstić information content (AvgIpc) is 2.46. The number of benzene rings is 1. The molecule has 108 valence electrons. The second-order valence-corrected chi connectivity index (χ2v) is 6.31. The van der Waals surface area contributed by atoms with Gasteiger partial charge in [0.15, 0.2) is 0 Å². The Hall–Kier alpha value is -1.35. The first-order chi connectivity index (χ1) is 9.74. The number of hydrogen-bond acceptors (Lipinski definition) is 2. The lowest BCUT2D eigenvalue weighted by molar-refractivity contribution is 0.0920. The second-order valence-electron chi connectivity index (χ2n) is 6.31. The van der Waals surface area contributed by atoms with E-state index in [9.17, 15) is 4.79 Å². The fourth-order valence-electron chi connectivity index (χ4n) is 3.57. The van der Waals surface area contributed by atoms with Crippen molar-refractivity contribution in [2.45, 2.75) is 51.6 Å². The van der Waals surface area contributed by atoms with Crippen LogP contribution in [0.15, 0.2) is 18.2 Å². The molecule has 1 saturated carbocycles. The molecule has 2 aliphatic rings. The number of carbonyl (C=O) groups excluding carboxylic acids is 1. The molecule has 1 aromatic rings. The van der Waals surface area contributed by atoms with Crippen LogP contribution >= 0.6 is 0 Å². The molecule has 3 heteroatoms. The predicted molar refractivity (Wildman–Crippen MR) is 80.7 cm³/mol. The summed E-state index contributed by atoms with van der Waals surface area (Å²) in [7, 11) is 0. The lowest BCUT2D eigenvalue weighted by Gasteiger charge is -2.28. The van der Waals surface area contributed by atoms with Gasteiger partial charge in [-0.3, -0.25) is 4.79 Å². The summed E-state index contributed by atoms with van der Waals surface area (Å²) in [5.41, 5.74) is 3.41. The van der Waals surface area contributed by atoms with Crippen LogP contribution in [0.1, 0.15) is 54.1 Å². The molecule has 0 saturated heterocycles. The van der Waals surface area contributed by atoms with Gasteiger partial charge in [-0.2, -0.15) is 0 Å². The van der Waals surface area contributed by atoms with Crippen LogP contribution in [-0.2, 0) is 13.0 Å². The maximum absolute atomic E-state index is 12.6. The van der Waals surface area contributed by atoms with Crippen molar-refractivity contribution in [1.29, 1.82) is 0 Å². The minimum Gasteiger partial charge on any atom is -0.349 e. The van der Waals surface area contributed by atoms with E-state index >= 15 is 0 Å². The lowest BCUT2D eigenvalue weighted by Crippen LogP contribution is -2.39. The van der Waals surface area contributed by atoms with Crippen molar-refractivity contribution in [3.05, 3.63) is 34.9 Å². The maximum atomic E-state index is 12.6. The average molecular weight is 272 g/mol. The molecule has 3 nitrogen and oxygen atoms in total. The summed E-state index contributed by atoms with van der Waals surface area (Å²) < 4.78 is 0. The smallest absolute Gasteiger partial charge is 0.251 e. The van der Waals surface area contributed by atoms with Crippen LogP contribution in [0.2, 0.25) is 0 Å². The zero-order valence-electron chi connectivity index (χ0n) is 12.2. The largest absolute Gasteiger partial charge is 0.349 e. The molecule has 2 N–H and O–H groups in total. The Balaban J connectivity index is 1.74. The number of carbonyl (C=O) groups is 1. The van der Waals surface area contributed by atoms with Crippen LogP contribution in [0, 0.1) is 5.92 Å². The number of amides is 1. The Bertz CT molecular complexity index is 498. The number of hydrogen-bond donors (Lipinski definition) is 2. The Morgan fingerprint density at radius 3 is 3.10 bits per heavy atom. The highest BCUT2D eigenvalue weighted by atomic mass is 16.1. The van der Waals surface area contributed by atoms with Gasteiger partial charge in [-0.25, -0.2) is 0 Å². The molecule has 1 aliphatic carbocycles. The van der Waals surface area contributed by atoms with Gasteiger partial charge in [-0.1, -0.05) is 31.9 Å². The second kappa shape index (κ2) is 5.96. The predicted octanol–water partition coefficient (Wildman–Crippen LogP) is 2.64. The SMILES string of the molecule is CC1CCCC(NC(=O)c2cccc3c2CCNC3)C1. The Morgan fingerprint density at radius 2 is 2.25 bits per heavy atom. The first-order valence-electron chi connectivity index (χ1n) is 7.86. The maximum Gasteiger partial charge on any atom is 0.251 e. The van der Waals surface area contributed by atoms with Gasteiger partial charge in [0.2, 0.25) is 0 Å². The fourth-order valence-corrected chi connectivity index (χ4v) is 3.57. The van der Waals surface area contributed by atoms with Crippen molar-refractivity contribution in [3.8, 4) is 0 Å². The number of rotatable bonds is 2. The van der Waals surface area contributed by atoms with Gasteiger partial charge in [0.1, 0.15) is 0 Å². The summed E-state index contributed by atoms with van der Waals surface area (Å²) in [6, 6.07) is 6.47. The molecular formula is C17H24N2O. The molecular weight excluding hydrogens is 248 g/mol. The van der Waals surface area contributed by atoms with Gasteiger partial charge in [-0.15, -0.1) is 0 Å². The molecule has 1 aliphatic heterocycles. The highest BCUT2D eigenvalue weighted by Gasteiger charge is 2.23. The van der Waals surface area contributed by atoms with E-state index in [4.69, 9.17) is 0 Å². The zero-order valence-corrected chi connectivity index (χ0v) is 12.2. The van der Waals surface area contributed by atoms with Gasteiger partial charge in [0, 0.05) is 18.2 Å². The zero-order chi connectivity index (χ0) is 13.9. The molecule has 0 bridgehead atoms. The fraction of sp³-hybridized carbons (Fsp3) is 0.588. The van der Waals surface area contributed by atoms with E-state index in [0.717, 1.165) is 43.8 Å². The number of fused-ring (bicyclic) bond motifs is 1. The molecule has 1 aromatic carbocycles. The van der Waals surface area contributed by atoms with Crippen LogP contribution < -0.4 is 10.6 Å². The minimum absolute atomic E-state index is 0.128. The molecule has 1 fully saturated rings. The molecule has 1 heterocycles. The van der Waals surface area contributed by atoms with E-state index in [0.29, 0.717) is 6.04 Å². The topological polar surface area (TPSA) is 41.1 Å². The monoisotopic (exact) mass is 272 g/mol. The summed E-state index contributed by atoms with van der Waals surface area (Å²) in [4.78, 5) is 12.6. The van der Waals surface area contributed by atoms with Gasteiger partial charge in [0.05, 0.1) is 0 Å². The third-order valence-corrected chi connectivity index (χ3v) is 4.66. The van der Waals surface area contributed by atoms with Crippen molar-refractivity contribution >= 4 is 5.91 Å². The van der Waals surface area contributed by atoms with Crippen molar-refractivity contribution in [2.75, 3.05) is 6.54 Å². The van der Waals surface area contributed by atoms with Crippen LogP contribution in [0.4, 0.5) is 0 Å². The van der Waals surface area contributed by atoms with Crippen LogP contribution in [0.5, 0.6) is 0 Å². The van der Waals surface area contributed by atoms with Gasteiger partial charge in [0.25, 0.3) is 5.91 Å². The summed E-state index contributed by atoms with van der Waals surface area (Å²) in [5, 5.41) is 6.62. The quantitative estimate of drug-likeness (QED) is 0.869. The third-order valence-electron chi connectivity index (χ3n) is 4.66. The van der Waals surface area contributed by atoms with Crippen LogP contribution in [-0.4, -0.2) is 18.5 Å². The van der Waals surface area contributed by atoms with E-state index < -0.39 is 0 Å². The highest BCUT2D eigenvalue weighted by molar-refractivity contribution is 5.96. The van der Waals surface area contributed by atoms with E-state index in [1.54, 1.807) is 0 Å². The molecule has 0 spiro atoms. The molecule has 3 rings (SSSR count). The molecule has 0 aromatic heterocycles. The van der Waals surface area contributed by atoms with Crippen molar-refractivity contribution in [3.63, 3.8) is 0 Å². The van der Waals surface area contributed by atoms with Crippen molar-refractivity contribution in [2.24, 2.45) is 5.92 Å². The summed E-state index contributed by atoms with van der Waals surface area (Å²) in [5.74, 6) is 0.866. The summed E-state index contributed by atoms with van der Waals surface area (Å²) in [6.07, 6.45) is 5.76. The summed E-state index contributed by atoms with van der Waals surface area (Å²) in [6.45, 7) is 4.14. The number of nitrogens with one attached hydrogen (secondary N) is 2. The highest BCUT2D eigenvalue weighted by Crippen LogP contribution is 2.24. The standard InChI is InChI=1S/C17H24N2O/c1-12-4-2-6-14(10-12)19-17(20)16-7-3-5-13-11-18-9-8-15(13)16/h3,5,7,12,14,18H,2,4,6,8-11H2,1H3,(H,19,20). The van der Waals surface area contributed by atoms with Crippen LogP contribution in [0.3, 0.4) is 0 Å². The Morgan fingerprint density at radius 1 is 1.35 bits per heavy atom. The van der Waals surface area contributed by atoms with E-state index in [1.807, 2.05) is 12.1 Å². The van der Waals surface area contributed by atoms with Crippen molar-refractivity contribution < 1.29 is 4.79 Å². The van der Waals surface area contributed by atoms with E-state index in [1.165, 1.54) is 24.0 Å². The Kier molecular flexibility index (Phi) is 4.06. The van der Waals surface area contributed by atoms with Crippen LogP contribution in [0.25, 0.3) is 0 Å². The molecule has 2 atom stereocenters. The summed E-state index contributed by atoms with van der Waals surface area (Å²) >= 11 is 0. The molecule has 1 amide bonds. The van der Waals surface area contributed by atoms with E-state index in [-0.39, 0.29) is 5.91 Å². The van der Waals surface area contributed by atoms with Gasteiger partial charge in [-0.05, 0) is 48.9 Å². The first-order valence-corrected chi connectivity index (χ1v) is 7.86. The normalized spacial score (nSPS) is 25.9. The third kappa shape index (κ3) is 2.88. The lowest BCUT2D eigenvalue weighted by atomic mass is 9.86. The first kappa shape index (κ1) is 13.6. The van der Waals surface area contributed by atoms with Gasteiger partial charge >= 0.3 is 0 Å². The van der Waals surface area contributed by atoms with Gasteiger partial charge < -0.3 is 10.6 Å². The molecule has 2 unspecified atom stereocenters. The Labute approximate surface area is 121 Å². The van der Waals surface area contributed by atoms with E-state index in [2.05, 4.69) is 23.6 Å². The van der Waals surface area contributed by atoms with Crippen molar-refractivity contribution in [1.82, 2.24) is 10.6 Å². The molecule has 20 heavy (non-hydrogen) atoms.